The van der Waals surface area contributed by atoms with Crippen molar-refractivity contribution in [1.82, 2.24) is 0 Å². The van der Waals surface area contributed by atoms with E-state index < -0.39 is 0 Å². The van der Waals surface area contributed by atoms with Gasteiger partial charge in [0.05, 0.1) is 6.10 Å². The van der Waals surface area contributed by atoms with Crippen molar-refractivity contribution in [3.63, 3.8) is 0 Å². The smallest absolute Gasteiger partial charge is 0.0556 e. The van der Waals surface area contributed by atoms with Gasteiger partial charge in [-0.2, -0.15) is 0 Å². The Morgan fingerprint density at radius 3 is 2.50 bits per heavy atom. The first-order valence-electron chi connectivity index (χ1n) is 3.08. The first-order valence-corrected chi connectivity index (χ1v) is 3.87. The lowest BCUT2D eigenvalue weighted by Gasteiger charge is -2.02. The third kappa shape index (κ3) is 0.560. The lowest BCUT2D eigenvalue weighted by molar-refractivity contribution is 0.170. The predicted molar refractivity (Wildman–Crippen MR) is 35.0 cm³/mol. The highest BCUT2D eigenvalue weighted by molar-refractivity contribution is 9.10. The van der Waals surface area contributed by atoms with Gasteiger partial charge in [-0.3, -0.25) is 0 Å². The molecule has 0 aromatic rings. The van der Waals surface area contributed by atoms with Gasteiger partial charge in [0, 0.05) is 4.32 Å². The van der Waals surface area contributed by atoms with E-state index in [4.69, 9.17) is 5.11 Å². The topological polar surface area (TPSA) is 20.2 Å². The molecule has 0 radical (unpaired) electrons. The molecule has 1 nitrogen and oxygen atoms in total. The minimum atomic E-state index is -0.00637. The first kappa shape index (κ1) is 5.24. The first-order chi connectivity index (χ1) is 3.71. The second-order valence-corrected chi connectivity index (χ2v) is 4.61. The Labute approximate surface area is 57.2 Å². The van der Waals surface area contributed by atoms with E-state index in [0.717, 1.165) is 18.8 Å². The molecule has 0 spiro atoms. The van der Waals surface area contributed by atoms with Crippen LogP contribution in [0.5, 0.6) is 0 Å². The van der Waals surface area contributed by atoms with Gasteiger partial charge in [-0.15, -0.1) is 0 Å². The molecule has 0 bridgehead atoms. The molecule has 2 fully saturated rings. The van der Waals surface area contributed by atoms with Crippen molar-refractivity contribution in [3.05, 3.63) is 0 Å². The highest BCUT2D eigenvalue weighted by atomic mass is 79.9. The quantitative estimate of drug-likeness (QED) is 0.553. The van der Waals surface area contributed by atoms with Crippen molar-refractivity contribution in [1.29, 1.82) is 0 Å². The minimum absolute atomic E-state index is 0.00637. The Morgan fingerprint density at radius 1 is 1.50 bits per heavy atom. The fraction of sp³-hybridized carbons (Fsp3) is 1.00. The summed E-state index contributed by atoms with van der Waals surface area (Å²) in [7, 11) is 0. The normalized spacial score (nSPS) is 60.8. The van der Waals surface area contributed by atoms with Crippen LogP contribution in [0.25, 0.3) is 0 Å². The second kappa shape index (κ2) is 1.29. The van der Waals surface area contributed by atoms with E-state index in [1.54, 1.807) is 0 Å². The summed E-state index contributed by atoms with van der Waals surface area (Å²) >= 11 is 3.60. The van der Waals surface area contributed by atoms with Crippen LogP contribution in [0.15, 0.2) is 0 Å². The van der Waals surface area contributed by atoms with Gasteiger partial charge < -0.3 is 5.11 Å². The number of hydrogen-bond donors (Lipinski definition) is 1. The van der Waals surface area contributed by atoms with E-state index in [-0.39, 0.29) is 6.10 Å². The van der Waals surface area contributed by atoms with Crippen molar-refractivity contribution in [2.24, 2.45) is 5.92 Å². The van der Waals surface area contributed by atoms with Gasteiger partial charge >= 0.3 is 0 Å². The van der Waals surface area contributed by atoms with Gasteiger partial charge in [0.15, 0.2) is 0 Å². The van der Waals surface area contributed by atoms with Crippen LogP contribution in [0, 0.1) is 5.92 Å². The number of rotatable bonds is 0. The van der Waals surface area contributed by atoms with Crippen LogP contribution in [0.2, 0.25) is 0 Å². The predicted octanol–water partition coefficient (Wildman–Crippen LogP) is 1.29. The average Bonchev–Trinajstić information content (AvgIpc) is 2.07. The Morgan fingerprint density at radius 2 is 2.25 bits per heavy atom. The largest absolute Gasteiger partial charge is 0.393 e. The molecule has 8 heavy (non-hydrogen) atoms. The zero-order valence-corrected chi connectivity index (χ0v) is 6.19. The molecule has 2 saturated carbocycles. The van der Waals surface area contributed by atoms with Crippen LogP contribution in [0.1, 0.15) is 19.3 Å². The Bertz CT molecular complexity index is 126. The highest BCUT2D eigenvalue weighted by Gasteiger charge is 2.58. The lowest BCUT2D eigenvalue weighted by Crippen LogP contribution is -2.05. The fourth-order valence-electron chi connectivity index (χ4n) is 1.70. The van der Waals surface area contributed by atoms with Crippen LogP contribution in [0.4, 0.5) is 0 Å². The summed E-state index contributed by atoms with van der Waals surface area (Å²) in [6, 6.07) is 0. The number of hydrogen-bond acceptors (Lipinski definition) is 1. The zero-order chi connectivity index (χ0) is 5.78. The molecule has 0 saturated heterocycles. The van der Waals surface area contributed by atoms with Gasteiger partial charge in [0.1, 0.15) is 0 Å². The molecule has 0 heterocycles. The number of aliphatic hydroxyl groups excluding tert-OH is 1. The Kier molecular flexibility index (Phi) is 0.848. The Balaban J connectivity index is 2.10. The summed E-state index contributed by atoms with van der Waals surface area (Å²) in [4.78, 5) is 0. The van der Waals surface area contributed by atoms with E-state index >= 15 is 0 Å². The van der Waals surface area contributed by atoms with E-state index in [0.29, 0.717) is 4.32 Å². The van der Waals surface area contributed by atoms with E-state index in [1.165, 1.54) is 6.42 Å². The lowest BCUT2D eigenvalue weighted by atomic mass is 10.2. The third-order valence-electron chi connectivity index (χ3n) is 2.29. The summed E-state index contributed by atoms with van der Waals surface area (Å²) in [6.07, 6.45) is 3.31. The van der Waals surface area contributed by atoms with E-state index in [1.807, 2.05) is 0 Å². The molecule has 3 atom stereocenters. The maximum atomic E-state index is 9.07. The zero-order valence-electron chi connectivity index (χ0n) is 4.60. The maximum absolute atomic E-state index is 9.07. The molecule has 1 N–H and O–H groups in total. The van der Waals surface area contributed by atoms with Gasteiger partial charge in [-0.05, 0) is 25.2 Å². The molecule has 0 amide bonds. The van der Waals surface area contributed by atoms with Crippen molar-refractivity contribution < 1.29 is 5.11 Å². The SMILES string of the molecule is O[C@@H]1C[C@H]2C[C@@]2(Br)C1. The van der Waals surface area contributed by atoms with E-state index in [2.05, 4.69) is 15.9 Å². The number of aliphatic hydroxyl groups is 1. The molecular formula is C6H9BrO. The van der Waals surface area contributed by atoms with E-state index in [9.17, 15) is 0 Å². The molecule has 0 unspecified atom stereocenters. The molecule has 2 heteroatoms. The molecular weight excluding hydrogens is 168 g/mol. The van der Waals surface area contributed by atoms with Gasteiger partial charge in [-0.1, -0.05) is 15.9 Å². The molecule has 0 aliphatic heterocycles. The third-order valence-corrected chi connectivity index (χ3v) is 3.58. The monoisotopic (exact) mass is 176 g/mol. The number of halogens is 1. The van der Waals surface area contributed by atoms with Gasteiger partial charge in [0.25, 0.3) is 0 Å². The molecule has 46 valence electrons. The van der Waals surface area contributed by atoms with Gasteiger partial charge in [-0.25, -0.2) is 0 Å². The standard InChI is InChI=1S/C6H9BrO/c7-6-2-4(6)1-5(8)3-6/h4-5,8H,1-3H2/t4-,5+,6+/m0/s1. The Hall–Kier alpha value is 0.440. The van der Waals surface area contributed by atoms with Crippen LogP contribution in [0.3, 0.4) is 0 Å². The second-order valence-electron chi connectivity index (χ2n) is 3.03. The summed E-state index contributed by atoms with van der Waals surface area (Å²) in [5.74, 6) is 0.803. The van der Waals surface area contributed by atoms with Crippen LogP contribution >= 0.6 is 15.9 Å². The fourth-order valence-corrected chi connectivity index (χ4v) is 2.65. The van der Waals surface area contributed by atoms with Crippen molar-refractivity contribution >= 4 is 15.9 Å². The molecule has 2 rings (SSSR count). The molecule has 0 aromatic heterocycles. The summed E-state index contributed by atoms with van der Waals surface area (Å²) < 4.78 is 0.395. The summed E-state index contributed by atoms with van der Waals surface area (Å²) in [5.41, 5.74) is 0. The number of alkyl halides is 1. The molecule has 2 aliphatic carbocycles. The van der Waals surface area contributed by atoms with Crippen LogP contribution in [-0.2, 0) is 0 Å². The van der Waals surface area contributed by atoms with Crippen molar-refractivity contribution in [2.75, 3.05) is 0 Å². The van der Waals surface area contributed by atoms with Crippen LogP contribution < -0.4 is 0 Å². The summed E-state index contributed by atoms with van der Waals surface area (Å²) in [6.45, 7) is 0. The summed E-state index contributed by atoms with van der Waals surface area (Å²) in [5, 5.41) is 9.07. The molecule has 2 aliphatic rings. The highest BCUT2D eigenvalue weighted by Crippen LogP contribution is 2.61. The molecule has 0 aromatic carbocycles. The number of fused-ring (bicyclic) bond motifs is 1. The van der Waals surface area contributed by atoms with Crippen LogP contribution in [-0.4, -0.2) is 15.5 Å². The van der Waals surface area contributed by atoms with Crippen molar-refractivity contribution in [3.8, 4) is 0 Å². The average molecular weight is 177 g/mol. The maximum Gasteiger partial charge on any atom is 0.0556 e. The minimum Gasteiger partial charge on any atom is -0.393 e. The van der Waals surface area contributed by atoms with Crippen molar-refractivity contribution in [2.45, 2.75) is 29.7 Å². The van der Waals surface area contributed by atoms with Gasteiger partial charge in [0.2, 0.25) is 0 Å².